The third-order valence-electron chi connectivity index (χ3n) is 8.04. The van der Waals surface area contributed by atoms with Crippen LogP contribution in [0.3, 0.4) is 0 Å². The minimum atomic E-state index is -4.50. The van der Waals surface area contributed by atoms with Gasteiger partial charge in [0.2, 0.25) is 0 Å². The van der Waals surface area contributed by atoms with E-state index in [-0.39, 0.29) is 25.6 Å². The van der Waals surface area contributed by atoms with Gasteiger partial charge in [0, 0.05) is 13.0 Å². The van der Waals surface area contributed by atoms with E-state index in [1.165, 1.54) is 122 Å². The first-order chi connectivity index (χ1) is 21.8. The van der Waals surface area contributed by atoms with Crippen LogP contribution in [0.4, 0.5) is 0 Å². The topological polar surface area (TPSA) is 132 Å². The van der Waals surface area contributed by atoms with Crippen molar-refractivity contribution in [3.8, 4) is 0 Å². The van der Waals surface area contributed by atoms with Crippen LogP contribution in [0.25, 0.3) is 0 Å². The van der Waals surface area contributed by atoms with E-state index >= 15 is 0 Å². The van der Waals surface area contributed by atoms with E-state index in [1.54, 1.807) is 0 Å². The van der Waals surface area contributed by atoms with Crippen molar-refractivity contribution in [2.24, 2.45) is 0 Å². The molecule has 0 aromatic rings. The second-order valence-corrected chi connectivity index (χ2v) is 14.1. The van der Waals surface area contributed by atoms with Crippen molar-refractivity contribution in [2.45, 2.75) is 187 Å². The maximum atomic E-state index is 12.5. The van der Waals surface area contributed by atoms with Crippen molar-refractivity contribution in [3.63, 3.8) is 0 Å². The zero-order valence-corrected chi connectivity index (χ0v) is 30.0. The summed E-state index contributed by atoms with van der Waals surface area (Å²) in [5.74, 6) is -0.381. The summed E-state index contributed by atoms with van der Waals surface area (Å²) in [5.41, 5.74) is 0. The third kappa shape index (κ3) is 33.2. The Morgan fingerprint density at radius 2 is 1.00 bits per heavy atom. The Hall–Kier alpha value is -0.540. The first-order valence-corrected chi connectivity index (χ1v) is 20.0. The highest BCUT2D eigenvalue weighted by Gasteiger charge is 2.26. The molecule has 3 unspecified atom stereocenters. The molecule has 0 aromatic carbocycles. The van der Waals surface area contributed by atoms with Crippen molar-refractivity contribution in [1.82, 2.24) is 0 Å². The quantitative estimate of drug-likeness (QED) is 0.0340. The standard InChI is InChI=1S/C35H71O9P/c1-3-5-7-9-11-13-14-15-16-17-18-19-20-21-23-25-27-35(38)44-34(32-43-45(39,40)42-30-33(37)29-36)31-41-28-26-24-22-12-10-8-6-4-2/h33-34,36-37H,3-32H2,1-2H3,(H,39,40). The number of phosphoric acid groups is 1. The fraction of sp³-hybridized carbons (Fsp3) is 0.971. The van der Waals surface area contributed by atoms with Crippen LogP contribution in [0, 0.1) is 0 Å². The van der Waals surface area contributed by atoms with Gasteiger partial charge >= 0.3 is 13.8 Å². The number of ether oxygens (including phenoxy) is 2. The van der Waals surface area contributed by atoms with Crippen molar-refractivity contribution in [2.75, 3.05) is 33.0 Å². The smallest absolute Gasteiger partial charge is 0.457 e. The van der Waals surface area contributed by atoms with E-state index in [0.29, 0.717) is 6.61 Å². The Labute approximate surface area is 276 Å². The molecule has 0 spiro atoms. The average Bonchev–Trinajstić information content (AvgIpc) is 3.03. The fourth-order valence-electron chi connectivity index (χ4n) is 5.18. The molecule has 9 nitrogen and oxygen atoms in total. The number of rotatable bonds is 36. The Kier molecular flexibility index (Phi) is 33.0. The monoisotopic (exact) mass is 666 g/mol. The van der Waals surface area contributed by atoms with Crippen LogP contribution in [0.15, 0.2) is 0 Å². The molecule has 0 aliphatic heterocycles. The van der Waals surface area contributed by atoms with Gasteiger partial charge in [-0.3, -0.25) is 13.8 Å². The first kappa shape index (κ1) is 44.5. The summed E-state index contributed by atoms with van der Waals surface area (Å²) in [4.78, 5) is 22.4. The molecule has 0 heterocycles. The lowest BCUT2D eigenvalue weighted by atomic mass is 10.0. The molecule has 0 radical (unpaired) electrons. The van der Waals surface area contributed by atoms with Gasteiger partial charge in [0.1, 0.15) is 12.2 Å². The highest BCUT2D eigenvalue weighted by Crippen LogP contribution is 2.43. The number of carbonyl (C=O) groups is 1. The van der Waals surface area contributed by atoms with Crippen LogP contribution in [-0.2, 0) is 27.9 Å². The van der Waals surface area contributed by atoms with Gasteiger partial charge in [0.05, 0.1) is 26.4 Å². The van der Waals surface area contributed by atoms with Crippen molar-refractivity contribution < 1.29 is 43.0 Å². The highest BCUT2D eigenvalue weighted by atomic mass is 31.2. The molecular weight excluding hydrogens is 595 g/mol. The van der Waals surface area contributed by atoms with E-state index in [4.69, 9.17) is 23.6 Å². The molecule has 0 bridgehead atoms. The van der Waals surface area contributed by atoms with E-state index < -0.39 is 33.2 Å². The first-order valence-electron chi connectivity index (χ1n) is 18.5. The summed E-state index contributed by atoms with van der Waals surface area (Å²) in [6.45, 7) is 3.51. The molecule has 0 aliphatic rings. The molecule has 10 heteroatoms. The number of hydrogen-bond acceptors (Lipinski definition) is 8. The van der Waals surface area contributed by atoms with Crippen LogP contribution >= 0.6 is 7.82 Å². The number of esters is 1. The molecule has 0 saturated carbocycles. The lowest BCUT2D eigenvalue weighted by molar-refractivity contribution is -0.154. The highest BCUT2D eigenvalue weighted by molar-refractivity contribution is 7.47. The molecule has 0 aromatic heterocycles. The fourth-order valence-corrected chi connectivity index (χ4v) is 5.97. The van der Waals surface area contributed by atoms with E-state index in [0.717, 1.165) is 32.1 Å². The Morgan fingerprint density at radius 1 is 0.600 bits per heavy atom. The number of hydrogen-bond donors (Lipinski definition) is 3. The largest absolute Gasteiger partial charge is 0.472 e. The van der Waals surface area contributed by atoms with Crippen molar-refractivity contribution in [1.29, 1.82) is 0 Å². The zero-order valence-electron chi connectivity index (χ0n) is 29.1. The molecule has 45 heavy (non-hydrogen) atoms. The second-order valence-electron chi connectivity index (χ2n) is 12.6. The summed E-state index contributed by atoms with van der Waals surface area (Å²) in [5, 5.41) is 18.2. The second kappa shape index (κ2) is 33.4. The van der Waals surface area contributed by atoms with Crippen molar-refractivity contribution >= 4 is 13.8 Å². The van der Waals surface area contributed by atoms with Crippen LogP contribution in [-0.4, -0.2) is 66.3 Å². The third-order valence-corrected chi connectivity index (χ3v) is 8.99. The predicted molar refractivity (Wildman–Crippen MR) is 182 cm³/mol. The summed E-state index contributed by atoms with van der Waals surface area (Å²) in [6.07, 6.45) is 27.8. The molecule has 3 N–H and O–H groups in total. The SMILES string of the molecule is CCCCCCCCCCCCCCCCCCC(=O)OC(COCCCCCCCCCC)COP(=O)(O)OCC(O)CO. The molecule has 270 valence electrons. The minimum Gasteiger partial charge on any atom is -0.457 e. The van der Waals surface area contributed by atoms with Crippen LogP contribution in [0.5, 0.6) is 0 Å². The van der Waals surface area contributed by atoms with Crippen LogP contribution in [0.1, 0.15) is 174 Å². The number of aliphatic hydroxyl groups excluding tert-OH is 2. The van der Waals surface area contributed by atoms with Gasteiger partial charge in [-0.25, -0.2) is 4.57 Å². The minimum absolute atomic E-state index is 0.0560. The average molecular weight is 667 g/mol. The summed E-state index contributed by atoms with van der Waals surface area (Å²) in [7, 11) is -4.50. The summed E-state index contributed by atoms with van der Waals surface area (Å²) < 4.78 is 33.1. The molecule has 3 atom stereocenters. The van der Waals surface area contributed by atoms with E-state index in [2.05, 4.69) is 13.8 Å². The van der Waals surface area contributed by atoms with Crippen LogP contribution < -0.4 is 0 Å². The Bertz CT molecular complexity index is 680. The number of aliphatic hydroxyl groups is 2. The van der Waals surface area contributed by atoms with Gasteiger partial charge < -0.3 is 24.6 Å². The molecule has 0 saturated heterocycles. The van der Waals surface area contributed by atoms with Crippen molar-refractivity contribution in [3.05, 3.63) is 0 Å². The molecule has 0 aliphatic carbocycles. The van der Waals surface area contributed by atoms with Crippen LogP contribution in [0.2, 0.25) is 0 Å². The maximum Gasteiger partial charge on any atom is 0.472 e. The summed E-state index contributed by atoms with van der Waals surface area (Å²) >= 11 is 0. The van der Waals surface area contributed by atoms with E-state index in [9.17, 15) is 19.4 Å². The van der Waals surface area contributed by atoms with Gasteiger partial charge in [0.25, 0.3) is 0 Å². The molecule has 0 amide bonds. The number of carbonyl (C=O) groups excluding carboxylic acids is 1. The Morgan fingerprint density at radius 3 is 1.44 bits per heavy atom. The normalized spacial score (nSPS) is 14.3. The van der Waals surface area contributed by atoms with E-state index in [1.807, 2.05) is 0 Å². The molecule has 0 fully saturated rings. The lowest BCUT2D eigenvalue weighted by Crippen LogP contribution is -2.29. The predicted octanol–water partition coefficient (Wildman–Crippen LogP) is 9.19. The maximum absolute atomic E-state index is 12.5. The van der Waals surface area contributed by atoms with Gasteiger partial charge in [-0.15, -0.1) is 0 Å². The van der Waals surface area contributed by atoms with Gasteiger partial charge in [-0.2, -0.15) is 0 Å². The Balaban J connectivity index is 4.14. The van der Waals surface area contributed by atoms with Gasteiger partial charge in [-0.1, -0.05) is 155 Å². The van der Waals surface area contributed by atoms with Gasteiger partial charge in [0.15, 0.2) is 0 Å². The zero-order chi connectivity index (χ0) is 33.3. The molecule has 0 rings (SSSR count). The number of phosphoric ester groups is 1. The number of unbranched alkanes of at least 4 members (excludes halogenated alkanes) is 22. The summed E-state index contributed by atoms with van der Waals surface area (Å²) in [6, 6.07) is 0. The molecular formula is C35H71O9P. The lowest BCUT2D eigenvalue weighted by Gasteiger charge is -2.20. The van der Waals surface area contributed by atoms with Gasteiger partial charge in [-0.05, 0) is 12.8 Å².